The normalized spacial score (nSPS) is 9.50. The molecule has 0 bridgehead atoms. The Balaban J connectivity index is 3.14. The first-order chi connectivity index (χ1) is 4.75. The highest BCUT2D eigenvalue weighted by Crippen LogP contribution is 2.22. The summed E-state index contributed by atoms with van der Waals surface area (Å²) in [5.41, 5.74) is 0. The Bertz CT molecular complexity index is 243. The van der Waals surface area contributed by atoms with Crippen molar-refractivity contribution in [3.8, 4) is 5.88 Å². The lowest BCUT2D eigenvalue weighted by atomic mass is 10.5. The van der Waals surface area contributed by atoms with Crippen LogP contribution in [0.5, 0.6) is 5.88 Å². The topological polar surface area (TPSA) is 35.0 Å². The van der Waals surface area contributed by atoms with E-state index in [2.05, 4.69) is 30.9 Å². The number of halogens is 2. The molecule has 1 aromatic heterocycles. The van der Waals surface area contributed by atoms with Crippen LogP contribution < -0.4 is 4.74 Å². The van der Waals surface area contributed by atoms with E-state index in [-0.39, 0.29) is 10.4 Å². The van der Waals surface area contributed by atoms with Gasteiger partial charge in [0.25, 0.3) is 5.88 Å². The third kappa shape index (κ3) is 1.23. The van der Waals surface area contributed by atoms with Gasteiger partial charge in [0.15, 0.2) is 5.82 Å². The Kier molecular flexibility index (Phi) is 2.16. The second-order valence-corrected chi connectivity index (χ2v) is 2.31. The van der Waals surface area contributed by atoms with Crippen LogP contribution in [0.15, 0.2) is 10.7 Å². The molecule has 0 saturated heterocycles. The van der Waals surface area contributed by atoms with Crippen LogP contribution in [0.3, 0.4) is 0 Å². The van der Waals surface area contributed by atoms with Gasteiger partial charge in [0.05, 0.1) is 13.3 Å². The van der Waals surface area contributed by atoms with E-state index in [9.17, 15) is 4.39 Å². The molecule has 0 N–H and O–H groups in total. The Morgan fingerprint density at radius 2 is 2.40 bits per heavy atom. The Labute approximate surface area is 65.4 Å². The fourth-order valence-electron chi connectivity index (χ4n) is 0.465. The van der Waals surface area contributed by atoms with E-state index in [1.807, 2.05) is 0 Å². The zero-order chi connectivity index (χ0) is 7.56. The molecule has 5 heteroatoms. The van der Waals surface area contributed by atoms with Gasteiger partial charge in [0, 0.05) is 0 Å². The van der Waals surface area contributed by atoms with Crippen molar-refractivity contribution in [2.75, 3.05) is 7.11 Å². The van der Waals surface area contributed by atoms with Gasteiger partial charge in [-0.15, -0.1) is 5.10 Å². The number of ether oxygens (including phenoxy) is 1. The first kappa shape index (κ1) is 7.40. The summed E-state index contributed by atoms with van der Waals surface area (Å²) in [5.74, 6) is -0.327. The molecule has 1 heterocycles. The lowest BCUT2D eigenvalue weighted by Gasteiger charge is -1.98. The van der Waals surface area contributed by atoms with Crippen LogP contribution in [0.1, 0.15) is 0 Å². The Morgan fingerprint density at radius 1 is 1.70 bits per heavy atom. The van der Waals surface area contributed by atoms with Crippen LogP contribution in [-0.4, -0.2) is 17.3 Å². The smallest absolute Gasteiger partial charge is 0.250 e. The molecular weight excluding hydrogens is 203 g/mol. The molecule has 0 unspecified atom stereocenters. The maximum absolute atomic E-state index is 12.5. The van der Waals surface area contributed by atoms with Crippen LogP contribution in [-0.2, 0) is 0 Å². The van der Waals surface area contributed by atoms with Crippen LogP contribution in [0.4, 0.5) is 4.39 Å². The van der Waals surface area contributed by atoms with Gasteiger partial charge in [-0.1, -0.05) is 0 Å². The summed E-state index contributed by atoms with van der Waals surface area (Å²) in [7, 11) is 1.40. The van der Waals surface area contributed by atoms with E-state index in [1.165, 1.54) is 7.11 Å². The van der Waals surface area contributed by atoms with E-state index in [0.717, 1.165) is 6.20 Å². The van der Waals surface area contributed by atoms with Crippen molar-refractivity contribution in [2.45, 2.75) is 0 Å². The fraction of sp³-hybridized carbons (Fsp3) is 0.200. The number of methoxy groups -OCH3 is 1. The Hall–Kier alpha value is -0.710. The SMILES string of the molecule is COc1nncc(F)c1Br. The molecule has 0 amide bonds. The van der Waals surface area contributed by atoms with Gasteiger partial charge in [-0.25, -0.2) is 4.39 Å². The molecule has 0 aliphatic heterocycles. The average Bonchev–Trinajstić information content (AvgIpc) is 1.95. The monoisotopic (exact) mass is 206 g/mol. The number of hydrogen-bond donors (Lipinski definition) is 0. The highest BCUT2D eigenvalue weighted by molar-refractivity contribution is 9.10. The van der Waals surface area contributed by atoms with Gasteiger partial charge in [-0.2, -0.15) is 5.10 Å². The zero-order valence-electron chi connectivity index (χ0n) is 5.14. The number of hydrogen-bond acceptors (Lipinski definition) is 3. The highest BCUT2D eigenvalue weighted by Gasteiger charge is 2.06. The second-order valence-electron chi connectivity index (χ2n) is 1.52. The minimum atomic E-state index is -0.480. The average molecular weight is 207 g/mol. The van der Waals surface area contributed by atoms with Crippen molar-refractivity contribution >= 4 is 15.9 Å². The van der Waals surface area contributed by atoms with Crippen LogP contribution >= 0.6 is 15.9 Å². The van der Waals surface area contributed by atoms with Crippen LogP contribution in [0, 0.1) is 5.82 Å². The van der Waals surface area contributed by atoms with E-state index in [4.69, 9.17) is 0 Å². The van der Waals surface area contributed by atoms with E-state index >= 15 is 0 Å². The van der Waals surface area contributed by atoms with Crippen molar-refractivity contribution in [1.82, 2.24) is 10.2 Å². The molecule has 1 rings (SSSR count). The quantitative estimate of drug-likeness (QED) is 0.697. The zero-order valence-corrected chi connectivity index (χ0v) is 6.72. The first-order valence-electron chi connectivity index (χ1n) is 2.46. The lowest BCUT2D eigenvalue weighted by molar-refractivity contribution is 0.383. The molecule has 0 aromatic carbocycles. The van der Waals surface area contributed by atoms with Crippen molar-refractivity contribution in [3.05, 3.63) is 16.5 Å². The minimum absolute atomic E-state index is 0.153. The van der Waals surface area contributed by atoms with Gasteiger partial charge in [0.1, 0.15) is 4.47 Å². The maximum Gasteiger partial charge on any atom is 0.250 e. The number of nitrogens with zero attached hydrogens (tertiary/aromatic N) is 2. The van der Waals surface area contributed by atoms with Crippen LogP contribution in [0.2, 0.25) is 0 Å². The lowest BCUT2D eigenvalue weighted by Crippen LogP contribution is -1.93. The van der Waals surface area contributed by atoms with Gasteiger partial charge in [-0.05, 0) is 15.9 Å². The van der Waals surface area contributed by atoms with Gasteiger partial charge in [0.2, 0.25) is 0 Å². The van der Waals surface area contributed by atoms with Crippen LogP contribution in [0.25, 0.3) is 0 Å². The summed E-state index contributed by atoms with van der Waals surface area (Å²) in [6.45, 7) is 0. The molecule has 0 atom stereocenters. The van der Waals surface area contributed by atoms with Crippen molar-refractivity contribution in [3.63, 3.8) is 0 Å². The summed E-state index contributed by atoms with van der Waals surface area (Å²) in [4.78, 5) is 0. The van der Waals surface area contributed by atoms with Gasteiger partial charge >= 0.3 is 0 Å². The molecule has 0 spiro atoms. The maximum atomic E-state index is 12.5. The molecule has 0 saturated carbocycles. The standard InChI is InChI=1S/C5H4BrFN2O/c1-10-5-4(6)3(7)2-8-9-5/h2H,1H3. The molecule has 54 valence electrons. The summed E-state index contributed by atoms with van der Waals surface area (Å²) in [6, 6.07) is 0. The molecule has 0 aliphatic rings. The molecule has 0 fully saturated rings. The third-order valence-electron chi connectivity index (χ3n) is 0.910. The molecule has 0 aliphatic carbocycles. The third-order valence-corrected chi connectivity index (χ3v) is 1.63. The van der Waals surface area contributed by atoms with Gasteiger partial charge in [-0.3, -0.25) is 0 Å². The van der Waals surface area contributed by atoms with Crippen molar-refractivity contribution < 1.29 is 9.13 Å². The molecule has 10 heavy (non-hydrogen) atoms. The number of rotatable bonds is 1. The summed E-state index contributed by atoms with van der Waals surface area (Å²) in [5, 5.41) is 6.83. The first-order valence-corrected chi connectivity index (χ1v) is 3.25. The predicted octanol–water partition coefficient (Wildman–Crippen LogP) is 1.39. The molecule has 3 nitrogen and oxygen atoms in total. The van der Waals surface area contributed by atoms with Gasteiger partial charge < -0.3 is 4.74 Å². The van der Waals surface area contributed by atoms with E-state index in [0.29, 0.717) is 0 Å². The van der Waals surface area contributed by atoms with E-state index in [1.54, 1.807) is 0 Å². The second kappa shape index (κ2) is 2.92. The summed E-state index contributed by atoms with van der Waals surface area (Å²) in [6.07, 6.45) is 1.01. The Morgan fingerprint density at radius 3 is 2.90 bits per heavy atom. The minimum Gasteiger partial charge on any atom is -0.479 e. The highest BCUT2D eigenvalue weighted by atomic mass is 79.9. The molecule has 1 aromatic rings. The predicted molar refractivity (Wildman–Crippen MR) is 36.2 cm³/mol. The largest absolute Gasteiger partial charge is 0.479 e. The number of aromatic nitrogens is 2. The summed E-state index contributed by atoms with van der Waals surface area (Å²) < 4.78 is 17.4. The molecule has 0 radical (unpaired) electrons. The van der Waals surface area contributed by atoms with E-state index < -0.39 is 5.82 Å². The fourth-order valence-corrected chi connectivity index (χ4v) is 0.809. The van der Waals surface area contributed by atoms with Crippen molar-refractivity contribution in [2.24, 2.45) is 0 Å². The van der Waals surface area contributed by atoms with Crippen molar-refractivity contribution in [1.29, 1.82) is 0 Å². The molecular formula is C5H4BrFN2O. The summed E-state index contributed by atoms with van der Waals surface area (Å²) >= 11 is 2.94.